The van der Waals surface area contributed by atoms with E-state index in [4.69, 9.17) is 14.1 Å². The van der Waals surface area contributed by atoms with Crippen LogP contribution in [0.2, 0.25) is 0 Å². The second-order valence-corrected chi connectivity index (χ2v) is 6.09. The summed E-state index contributed by atoms with van der Waals surface area (Å²) in [7, 11) is 0. The van der Waals surface area contributed by atoms with Gasteiger partial charge >= 0.3 is 0 Å². The largest absolute Gasteiger partial charge is 0.493 e. The van der Waals surface area contributed by atoms with Gasteiger partial charge in [0.1, 0.15) is 18.1 Å². The number of hydrogen-bond donors (Lipinski definition) is 0. The third-order valence-corrected chi connectivity index (χ3v) is 3.76. The first-order chi connectivity index (χ1) is 12.0. The van der Waals surface area contributed by atoms with Crippen LogP contribution in [0.25, 0.3) is 0 Å². The number of nitrogens with zero attached hydrogens (tertiary/aromatic N) is 2. The average molecular weight is 342 g/mol. The van der Waals surface area contributed by atoms with Crippen LogP contribution in [0.4, 0.5) is 0 Å². The van der Waals surface area contributed by atoms with E-state index in [-0.39, 0.29) is 0 Å². The Morgan fingerprint density at radius 3 is 2.56 bits per heavy atom. The van der Waals surface area contributed by atoms with Gasteiger partial charge in [0, 0.05) is 12.5 Å². The van der Waals surface area contributed by atoms with Crippen molar-refractivity contribution in [3.63, 3.8) is 0 Å². The van der Waals surface area contributed by atoms with E-state index in [1.807, 2.05) is 33.8 Å². The molecule has 0 aliphatic carbocycles. The highest BCUT2D eigenvalue weighted by Crippen LogP contribution is 2.25. The zero-order valence-electron chi connectivity index (χ0n) is 15.5. The molecule has 0 fully saturated rings. The maximum Gasteiger partial charge on any atom is 0.137 e. The molecule has 0 N–H and O–H groups in total. The monoisotopic (exact) mass is 342 g/mol. The quantitative estimate of drug-likeness (QED) is 0.291. The van der Waals surface area contributed by atoms with Gasteiger partial charge in [-0.05, 0) is 62.9 Å². The Morgan fingerprint density at radius 2 is 1.96 bits per heavy atom. The molecule has 0 amide bonds. The molecule has 0 aliphatic heterocycles. The van der Waals surface area contributed by atoms with E-state index in [1.54, 1.807) is 6.08 Å². The summed E-state index contributed by atoms with van der Waals surface area (Å²) >= 11 is 0. The van der Waals surface area contributed by atoms with Crippen molar-refractivity contribution in [3.8, 4) is 5.75 Å². The number of rotatable bonds is 9. The smallest absolute Gasteiger partial charge is 0.137 e. The predicted octanol–water partition coefficient (Wildman–Crippen LogP) is 4.54. The second kappa shape index (κ2) is 9.06. The first-order valence-corrected chi connectivity index (χ1v) is 8.45. The Hall–Kier alpha value is -2.56. The topological polar surface area (TPSA) is 56.9 Å². The third kappa shape index (κ3) is 5.48. The maximum absolute atomic E-state index is 5.98. The fourth-order valence-electron chi connectivity index (χ4n) is 2.58. The Kier molecular flexibility index (Phi) is 6.81. The van der Waals surface area contributed by atoms with Gasteiger partial charge < -0.3 is 14.1 Å². The summed E-state index contributed by atoms with van der Waals surface area (Å²) in [5, 5.41) is 7.99. The minimum atomic E-state index is 0.404. The zero-order valence-corrected chi connectivity index (χ0v) is 15.5. The lowest BCUT2D eigenvalue weighted by Gasteiger charge is -2.14. The molecule has 0 saturated heterocycles. The number of ether oxygens (including phenoxy) is 1. The van der Waals surface area contributed by atoms with Gasteiger partial charge in [-0.2, -0.15) is 0 Å². The van der Waals surface area contributed by atoms with Crippen molar-refractivity contribution in [1.82, 2.24) is 5.16 Å². The van der Waals surface area contributed by atoms with Crippen molar-refractivity contribution in [2.45, 2.75) is 40.5 Å². The molecule has 5 nitrogen and oxygen atoms in total. The van der Waals surface area contributed by atoms with Gasteiger partial charge in [-0.3, -0.25) is 0 Å². The van der Waals surface area contributed by atoms with Crippen LogP contribution in [0, 0.1) is 20.8 Å². The Bertz CT molecular complexity index is 724. The summed E-state index contributed by atoms with van der Waals surface area (Å²) < 4.78 is 11.2. The number of oxime groups is 1. The third-order valence-electron chi connectivity index (χ3n) is 3.76. The summed E-state index contributed by atoms with van der Waals surface area (Å²) in [6.07, 6.45) is 3.37. The summed E-state index contributed by atoms with van der Waals surface area (Å²) in [4.78, 5) is 5.16. The molecule has 0 unspecified atom stereocenters. The van der Waals surface area contributed by atoms with Crippen LogP contribution >= 0.6 is 0 Å². The minimum absolute atomic E-state index is 0.404. The highest BCUT2D eigenvalue weighted by molar-refractivity contribution is 5.98. The fourth-order valence-corrected chi connectivity index (χ4v) is 2.58. The van der Waals surface area contributed by atoms with Crippen LogP contribution in [0.3, 0.4) is 0 Å². The van der Waals surface area contributed by atoms with Gasteiger partial charge in [0.2, 0.25) is 0 Å². The molecule has 0 aliphatic rings. The predicted molar refractivity (Wildman–Crippen MR) is 99.3 cm³/mol. The molecule has 2 aromatic rings. The van der Waals surface area contributed by atoms with Gasteiger partial charge in [0.25, 0.3) is 0 Å². The molecule has 0 saturated carbocycles. The number of hydrogen-bond acceptors (Lipinski definition) is 5. The molecule has 0 bridgehead atoms. The number of aromatic nitrogens is 1. The van der Waals surface area contributed by atoms with E-state index in [1.165, 1.54) is 0 Å². The molecule has 5 heteroatoms. The molecule has 1 aromatic heterocycles. The maximum atomic E-state index is 5.98. The van der Waals surface area contributed by atoms with Crippen LogP contribution < -0.4 is 4.74 Å². The molecule has 2 rings (SSSR count). The van der Waals surface area contributed by atoms with Crippen molar-refractivity contribution in [1.29, 1.82) is 0 Å². The van der Waals surface area contributed by atoms with Gasteiger partial charge in [0.05, 0.1) is 18.0 Å². The van der Waals surface area contributed by atoms with Crippen molar-refractivity contribution in [2.75, 3.05) is 13.2 Å². The normalized spacial score (nSPS) is 11.4. The van der Waals surface area contributed by atoms with Gasteiger partial charge in [-0.25, -0.2) is 0 Å². The molecule has 0 spiro atoms. The standard InChI is InChI=1S/C20H26N2O3/c1-6-9-24-22-17(5)18-11-14(2)20(15(3)12-18)23-10-7-8-19-13-16(4)21-25-19/h6,11-13H,1,7-10H2,2-5H3. The van der Waals surface area contributed by atoms with E-state index in [0.29, 0.717) is 13.2 Å². The van der Waals surface area contributed by atoms with E-state index >= 15 is 0 Å². The number of benzene rings is 1. The Labute approximate surface area is 149 Å². The first kappa shape index (κ1) is 18.8. The van der Waals surface area contributed by atoms with Crippen LogP contribution in [0.1, 0.15) is 41.5 Å². The molecule has 134 valence electrons. The summed E-state index contributed by atoms with van der Waals surface area (Å²) in [6.45, 7) is 12.6. The summed E-state index contributed by atoms with van der Waals surface area (Å²) in [5.74, 6) is 1.83. The van der Waals surface area contributed by atoms with Crippen molar-refractivity contribution < 1.29 is 14.1 Å². The van der Waals surface area contributed by atoms with Crippen molar-refractivity contribution >= 4 is 5.71 Å². The fraction of sp³-hybridized carbons (Fsp3) is 0.400. The SMILES string of the molecule is C=CCON=C(C)c1cc(C)c(OCCCc2cc(C)no2)c(C)c1. The lowest BCUT2D eigenvalue weighted by atomic mass is 10.0. The van der Waals surface area contributed by atoms with Crippen LogP contribution in [0.5, 0.6) is 5.75 Å². The minimum Gasteiger partial charge on any atom is -0.493 e. The van der Waals surface area contributed by atoms with Crippen LogP contribution in [-0.4, -0.2) is 24.1 Å². The molecule has 1 aromatic carbocycles. The lowest BCUT2D eigenvalue weighted by molar-refractivity contribution is 0.175. The van der Waals surface area contributed by atoms with Gasteiger partial charge in [-0.1, -0.05) is 23.0 Å². The Balaban J connectivity index is 1.94. The number of aryl methyl sites for hydroxylation is 4. The van der Waals surface area contributed by atoms with Gasteiger partial charge in [0.15, 0.2) is 0 Å². The molecule has 0 atom stereocenters. The molecular formula is C20H26N2O3. The Morgan fingerprint density at radius 1 is 1.24 bits per heavy atom. The highest BCUT2D eigenvalue weighted by Gasteiger charge is 2.09. The molecular weight excluding hydrogens is 316 g/mol. The lowest BCUT2D eigenvalue weighted by Crippen LogP contribution is -2.04. The highest BCUT2D eigenvalue weighted by atomic mass is 16.6. The summed E-state index contributed by atoms with van der Waals surface area (Å²) in [5.41, 5.74) is 4.95. The average Bonchev–Trinajstić information content (AvgIpc) is 2.98. The summed E-state index contributed by atoms with van der Waals surface area (Å²) in [6, 6.07) is 6.10. The second-order valence-electron chi connectivity index (χ2n) is 6.09. The van der Waals surface area contributed by atoms with Gasteiger partial charge in [-0.15, -0.1) is 0 Å². The zero-order chi connectivity index (χ0) is 18.2. The van der Waals surface area contributed by atoms with Crippen molar-refractivity contribution in [2.24, 2.45) is 5.16 Å². The van der Waals surface area contributed by atoms with Crippen molar-refractivity contribution in [3.05, 3.63) is 59.0 Å². The molecule has 1 heterocycles. The van der Waals surface area contributed by atoms with E-state index < -0.39 is 0 Å². The van der Waals surface area contributed by atoms with Crippen LogP contribution in [-0.2, 0) is 11.3 Å². The molecule has 0 radical (unpaired) electrons. The van der Waals surface area contributed by atoms with E-state index in [2.05, 4.69) is 29.0 Å². The van der Waals surface area contributed by atoms with E-state index in [9.17, 15) is 0 Å². The van der Waals surface area contributed by atoms with E-state index in [0.717, 1.165) is 52.4 Å². The van der Waals surface area contributed by atoms with Crippen LogP contribution in [0.15, 0.2) is 40.5 Å². The molecule has 25 heavy (non-hydrogen) atoms. The first-order valence-electron chi connectivity index (χ1n) is 8.45.